The van der Waals surface area contributed by atoms with Gasteiger partial charge in [0.05, 0.1) is 23.0 Å². The second-order valence-electron chi connectivity index (χ2n) is 22.6. The van der Waals surface area contributed by atoms with Gasteiger partial charge in [0, 0.05) is 61.9 Å². The third-order valence-corrected chi connectivity index (χ3v) is 16.0. The summed E-state index contributed by atoms with van der Waals surface area (Å²) in [5, 5.41) is 9.12. The van der Waals surface area contributed by atoms with E-state index >= 15 is 0 Å². The largest absolute Gasteiger partial charge is 0.346 e. The molecule has 6 amide bonds. The average Bonchev–Trinajstić information content (AvgIpc) is 3.77. The van der Waals surface area contributed by atoms with Crippen LogP contribution in [0.2, 0.25) is 0 Å². The van der Waals surface area contributed by atoms with E-state index in [0.717, 1.165) is 11.1 Å². The maximum absolute atomic E-state index is 14.4. The number of benzene rings is 3. The number of ketones is 2. The van der Waals surface area contributed by atoms with E-state index in [2.05, 4.69) is 20.7 Å². The van der Waals surface area contributed by atoms with Gasteiger partial charge in [-0.3, -0.25) is 43.3 Å². The van der Waals surface area contributed by atoms with Crippen molar-refractivity contribution in [2.24, 2.45) is 23.0 Å². The van der Waals surface area contributed by atoms with Crippen molar-refractivity contribution < 1.29 is 46.8 Å². The lowest BCUT2D eigenvalue weighted by molar-refractivity contribution is -0.141. The van der Waals surface area contributed by atoms with E-state index in [0.29, 0.717) is 50.6 Å². The first-order valence-corrected chi connectivity index (χ1v) is 29.0. The van der Waals surface area contributed by atoms with Crippen LogP contribution in [-0.2, 0) is 66.6 Å². The smallest absolute Gasteiger partial charge is 0.264 e. The van der Waals surface area contributed by atoms with Gasteiger partial charge < -0.3 is 26.6 Å². The Kier molecular flexibility index (Phi) is 24.7. The summed E-state index contributed by atoms with van der Waals surface area (Å²) < 4.78 is 29.4. The van der Waals surface area contributed by atoms with Crippen LogP contribution in [0.4, 0.5) is 0 Å². The fourth-order valence-electron chi connectivity index (χ4n) is 9.75. The summed E-state index contributed by atoms with van der Waals surface area (Å²) >= 11 is 0. The molecule has 4 rings (SSSR count). The number of imide groups is 1. The van der Waals surface area contributed by atoms with Crippen molar-refractivity contribution in [1.29, 1.82) is 0 Å². The van der Waals surface area contributed by atoms with Gasteiger partial charge in [0.25, 0.3) is 27.7 Å². The molecule has 3 aromatic carbocycles. The predicted octanol–water partition coefficient (Wildman–Crippen LogP) is 6.44. The van der Waals surface area contributed by atoms with Crippen molar-refractivity contribution in [1.82, 2.24) is 30.5 Å². The minimum atomic E-state index is -4.38. The zero-order chi connectivity index (χ0) is 58.7. The Bertz CT molecular complexity index is 2740. The van der Waals surface area contributed by atoms with Crippen LogP contribution in [0.25, 0.3) is 0 Å². The molecule has 0 bridgehead atoms. The topological polar surface area (TPSA) is 251 Å². The van der Waals surface area contributed by atoms with Crippen LogP contribution < -0.4 is 26.4 Å². The molecule has 430 valence electrons. The van der Waals surface area contributed by atoms with Gasteiger partial charge in [-0.15, -0.1) is 0 Å². The van der Waals surface area contributed by atoms with Crippen LogP contribution in [0.1, 0.15) is 130 Å². The fourth-order valence-corrected chi connectivity index (χ4v) is 10.8. The second-order valence-corrected chi connectivity index (χ2v) is 24.3. The van der Waals surface area contributed by atoms with Crippen molar-refractivity contribution in [3.8, 4) is 0 Å². The number of nitrogens with one attached hydrogen (secondary N) is 4. The van der Waals surface area contributed by atoms with Gasteiger partial charge in [-0.2, -0.15) is 0 Å². The Morgan fingerprint density at radius 2 is 1.34 bits per heavy atom. The molecule has 1 heterocycles. The molecule has 0 saturated carbocycles. The monoisotopic (exact) mass is 1110 g/mol. The Hall–Kier alpha value is -6.63. The van der Waals surface area contributed by atoms with Crippen molar-refractivity contribution in [2.45, 2.75) is 160 Å². The lowest BCUT2D eigenvalue weighted by atomic mass is 9.76. The lowest BCUT2D eigenvalue weighted by Crippen LogP contribution is -2.61. The highest BCUT2D eigenvalue weighted by Gasteiger charge is 2.42. The molecule has 0 spiro atoms. The molecule has 0 aromatic heterocycles. The Morgan fingerprint density at radius 1 is 0.734 bits per heavy atom. The third-order valence-electron chi connectivity index (χ3n) is 14.6. The van der Waals surface area contributed by atoms with E-state index in [-0.39, 0.29) is 90.2 Å². The fraction of sp³-hybridized carbons (Fsp3) is 0.508. The summed E-state index contributed by atoms with van der Waals surface area (Å²) in [4.78, 5) is 109. The zero-order valence-corrected chi connectivity index (χ0v) is 48.8. The predicted molar refractivity (Wildman–Crippen MR) is 306 cm³/mol. The first-order chi connectivity index (χ1) is 37.2. The number of hydrogen-bond acceptors (Lipinski definition) is 12. The van der Waals surface area contributed by atoms with Crippen LogP contribution in [0.3, 0.4) is 0 Å². The Labute approximate surface area is 468 Å². The summed E-state index contributed by atoms with van der Waals surface area (Å²) in [6.07, 6.45) is 7.97. The lowest BCUT2D eigenvalue weighted by Gasteiger charge is -2.40. The summed E-state index contributed by atoms with van der Waals surface area (Å²) in [5.74, 6) is -4.06. The van der Waals surface area contributed by atoms with Crippen LogP contribution in [0, 0.1) is 17.3 Å². The number of nitrogens with two attached hydrogens (primary N) is 1. The number of aryl methyl sites for hydroxylation is 1. The molecule has 0 saturated heterocycles. The molecule has 0 aliphatic carbocycles. The number of sulfonamides is 1. The number of amides is 6. The average molecular weight is 1110 g/mol. The first kappa shape index (κ1) is 64.9. The van der Waals surface area contributed by atoms with E-state index in [1.807, 2.05) is 109 Å². The third kappa shape index (κ3) is 19.3. The number of hydrogen-bond donors (Lipinski definition) is 5. The summed E-state index contributed by atoms with van der Waals surface area (Å²) in [7, 11) is -1.08. The van der Waals surface area contributed by atoms with Crippen molar-refractivity contribution in [2.75, 3.05) is 27.2 Å². The van der Waals surface area contributed by atoms with Gasteiger partial charge >= 0.3 is 0 Å². The highest BCUT2D eigenvalue weighted by molar-refractivity contribution is 7.90. The van der Waals surface area contributed by atoms with Gasteiger partial charge in [-0.25, -0.2) is 13.1 Å². The minimum absolute atomic E-state index is 0.0209. The molecule has 0 fully saturated rings. The maximum Gasteiger partial charge on any atom is 0.264 e. The molecule has 79 heavy (non-hydrogen) atoms. The molecular formula is C61H85N7O10S. The number of carbonyl (C=O) groups excluding carboxylic acids is 8. The highest BCUT2D eigenvalue weighted by atomic mass is 32.2. The van der Waals surface area contributed by atoms with E-state index < -0.39 is 62.8 Å². The van der Waals surface area contributed by atoms with Crippen molar-refractivity contribution in [3.63, 3.8) is 0 Å². The zero-order valence-electron chi connectivity index (χ0n) is 47.9. The van der Waals surface area contributed by atoms with Gasteiger partial charge in [0.15, 0.2) is 5.78 Å². The normalized spacial score (nSPS) is 15.0. The van der Waals surface area contributed by atoms with Crippen LogP contribution in [0.15, 0.2) is 114 Å². The minimum Gasteiger partial charge on any atom is -0.346 e. The molecule has 17 nitrogen and oxygen atoms in total. The molecule has 1 aliphatic heterocycles. The number of unbranched alkanes of at least 4 members (excludes halogenated alkanes) is 3. The Balaban J connectivity index is 1.39. The molecular weight excluding hydrogens is 1020 g/mol. The van der Waals surface area contributed by atoms with E-state index in [9.17, 15) is 46.8 Å². The number of carbonyl (C=O) groups is 8. The quantitative estimate of drug-likeness (QED) is 0.0258. The van der Waals surface area contributed by atoms with Crippen LogP contribution in [-0.4, -0.2) is 117 Å². The molecule has 0 radical (unpaired) electrons. The maximum atomic E-state index is 14.4. The van der Waals surface area contributed by atoms with E-state index in [4.69, 9.17) is 5.73 Å². The number of likely N-dealkylation sites (N-methyl/N-ethyl adjacent to an activating group) is 2. The first-order valence-electron chi connectivity index (χ1n) is 27.5. The number of rotatable bonds is 32. The van der Waals surface area contributed by atoms with E-state index in [1.165, 1.54) is 41.0 Å². The van der Waals surface area contributed by atoms with Gasteiger partial charge in [0.1, 0.15) is 11.8 Å². The number of Topliss-reactive ketones (excluding diaryl/α,β-unsaturated/α-hetero) is 2. The standard InChI is InChI=1S/C61H85N7O10S/c1-41(2)50(67(10)59(76)55(60(4,5)6)65-58(75)54(63-9)61(7,8)46-24-16-12-17-25-46)38-42(3)56(73)66-79(77,78)48-31-28-43(29-32-48)30-33-51(70)49(27-19-20-36-62)64-57(74)45(39-44-22-14-11-15-23-44)40-47(69)26-18-13-21-37-68-52(71)34-35-53(68)72/h11-12,14-17,22-25,28-29,31-32,34-35,38,41,45,49-50,54-55,63H,13,18-21,26-27,30,33,36-37,39-40,62H2,1-10H3,(H,64,74)(H,65,75)(H,66,73)/b42-38+/t45-,49+,50-,54-,55-/m1/s1. The molecule has 5 atom stereocenters. The molecule has 3 aromatic rings. The van der Waals surface area contributed by atoms with Gasteiger partial charge in [-0.1, -0.05) is 134 Å². The van der Waals surface area contributed by atoms with Gasteiger partial charge in [0.2, 0.25) is 17.7 Å². The Morgan fingerprint density at radius 3 is 1.91 bits per heavy atom. The van der Waals surface area contributed by atoms with Crippen LogP contribution >= 0.6 is 0 Å². The van der Waals surface area contributed by atoms with E-state index in [1.54, 1.807) is 32.3 Å². The van der Waals surface area contributed by atoms with Crippen LogP contribution in [0.5, 0.6) is 0 Å². The summed E-state index contributed by atoms with van der Waals surface area (Å²) in [6.45, 7) is 15.4. The van der Waals surface area contributed by atoms with Crippen molar-refractivity contribution in [3.05, 3.63) is 125 Å². The highest BCUT2D eigenvalue weighted by Crippen LogP contribution is 2.29. The molecule has 18 heteroatoms. The molecule has 0 unspecified atom stereocenters. The SMILES string of the molecule is CN[C@H](C(=O)N[C@H](C(=O)N(C)[C@H](/C=C(\C)C(=O)NS(=O)(=O)c1ccc(CCC(=O)[C@H](CCCCN)NC(=O)[C@@H](CC(=O)CCCCCN2C(=O)C=CC2=O)Cc2ccccc2)cc1)C(C)C)C(C)(C)C)C(C)(C)c1ccccc1. The summed E-state index contributed by atoms with van der Waals surface area (Å²) in [6, 6.07) is 21.6. The summed E-state index contributed by atoms with van der Waals surface area (Å²) in [5.41, 5.74) is 6.91. The van der Waals surface area contributed by atoms with Crippen molar-refractivity contribution >= 4 is 57.0 Å². The second kappa shape index (κ2) is 30.1. The van der Waals surface area contributed by atoms with Gasteiger partial charge in [-0.05, 0) is 106 Å². The number of nitrogens with zero attached hydrogens (tertiary/aromatic N) is 2. The molecule has 6 N–H and O–H groups in total. The molecule has 1 aliphatic rings.